The highest BCUT2D eigenvalue weighted by Gasteiger charge is 2.24. The van der Waals surface area contributed by atoms with Gasteiger partial charge in [-0.2, -0.15) is 0 Å². The van der Waals surface area contributed by atoms with Gasteiger partial charge in [0, 0.05) is 7.11 Å². The minimum Gasteiger partial charge on any atom is -0.475 e. The fourth-order valence-electron chi connectivity index (χ4n) is 1.84. The first kappa shape index (κ1) is 12.3. The molecule has 86 valence electrons. The standard InChI is InChI=1S/C12H20O3/c1-9(2)10-4-5-11(12(13)6-10)7-15-8-14-3/h7,10,12-13H,1,4-6,8H2,2-3H3/b11-7-. The molecule has 1 saturated carbocycles. The monoisotopic (exact) mass is 212 g/mol. The quantitative estimate of drug-likeness (QED) is 0.336. The number of hydrogen-bond donors (Lipinski definition) is 1. The van der Waals surface area contributed by atoms with Gasteiger partial charge in [0.25, 0.3) is 0 Å². The third-order valence-corrected chi connectivity index (χ3v) is 2.83. The lowest BCUT2D eigenvalue weighted by Gasteiger charge is -2.28. The van der Waals surface area contributed by atoms with E-state index >= 15 is 0 Å². The van der Waals surface area contributed by atoms with Gasteiger partial charge in [-0.05, 0) is 37.7 Å². The van der Waals surface area contributed by atoms with Crippen molar-refractivity contribution in [1.82, 2.24) is 0 Å². The van der Waals surface area contributed by atoms with Crippen LogP contribution >= 0.6 is 0 Å². The van der Waals surface area contributed by atoms with Gasteiger partial charge in [0.1, 0.15) is 0 Å². The molecule has 15 heavy (non-hydrogen) atoms. The lowest BCUT2D eigenvalue weighted by molar-refractivity contribution is 0.0162. The van der Waals surface area contributed by atoms with Crippen LogP contribution in [0, 0.1) is 5.92 Å². The van der Waals surface area contributed by atoms with Crippen molar-refractivity contribution < 1.29 is 14.6 Å². The molecule has 1 N–H and O–H groups in total. The minimum atomic E-state index is -0.391. The molecule has 1 aliphatic carbocycles. The summed E-state index contributed by atoms with van der Waals surface area (Å²) < 4.78 is 9.89. The van der Waals surface area contributed by atoms with Crippen LogP contribution in [0.2, 0.25) is 0 Å². The van der Waals surface area contributed by atoms with Crippen LogP contribution in [0.1, 0.15) is 26.2 Å². The number of hydrogen-bond acceptors (Lipinski definition) is 3. The first-order valence-electron chi connectivity index (χ1n) is 5.28. The van der Waals surface area contributed by atoms with Gasteiger partial charge >= 0.3 is 0 Å². The molecule has 0 radical (unpaired) electrons. The van der Waals surface area contributed by atoms with Crippen molar-refractivity contribution in [2.45, 2.75) is 32.3 Å². The summed E-state index contributed by atoms with van der Waals surface area (Å²) in [4.78, 5) is 0. The first-order valence-corrected chi connectivity index (χ1v) is 5.28. The Morgan fingerprint density at radius 3 is 2.93 bits per heavy atom. The maximum absolute atomic E-state index is 9.86. The van der Waals surface area contributed by atoms with Gasteiger partial charge in [0.05, 0.1) is 12.4 Å². The van der Waals surface area contributed by atoms with Gasteiger partial charge in [0.15, 0.2) is 6.79 Å². The number of methoxy groups -OCH3 is 1. The molecular weight excluding hydrogens is 192 g/mol. The van der Waals surface area contributed by atoms with Gasteiger partial charge in [-0.25, -0.2) is 0 Å². The molecule has 1 fully saturated rings. The summed E-state index contributed by atoms with van der Waals surface area (Å²) >= 11 is 0. The van der Waals surface area contributed by atoms with Gasteiger partial charge in [0.2, 0.25) is 0 Å². The van der Waals surface area contributed by atoms with Crippen molar-refractivity contribution in [3.8, 4) is 0 Å². The molecule has 3 heteroatoms. The van der Waals surface area contributed by atoms with E-state index in [-0.39, 0.29) is 6.79 Å². The topological polar surface area (TPSA) is 38.7 Å². The second-order valence-electron chi connectivity index (χ2n) is 4.10. The first-order chi connectivity index (χ1) is 7.15. The molecule has 1 rings (SSSR count). The Morgan fingerprint density at radius 1 is 1.67 bits per heavy atom. The van der Waals surface area contributed by atoms with E-state index in [0.29, 0.717) is 5.92 Å². The van der Waals surface area contributed by atoms with Crippen LogP contribution in [0.4, 0.5) is 0 Å². The number of aliphatic hydroxyl groups is 1. The van der Waals surface area contributed by atoms with Gasteiger partial charge in [-0.1, -0.05) is 12.2 Å². The van der Waals surface area contributed by atoms with E-state index in [1.165, 1.54) is 0 Å². The molecule has 0 amide bonds. The van der Waals surface area contributed by atoms with E-state index in [2.05, 4.69) is 6.58 Å². The van der Waals surface area contributed by atoms with E-state index < -0.39 is 6.10 Å². The van der Waals surface area contributed by atoms with Gasteiger partial charge in [-0.3, -0.25) is 0 Å². The van der Waals surface area contributed by atoms with E-state index in [4.69, 9.17) is 9.47 Å². The molecule has 2 unspecified atom stereocenters. The SMILES string of the molecule is C=C(C)C1CC/C(=C/OCOC)C(O)C1. The zero-order valence-corrected chi connectivity index (χ0v) is 9.53. The number of ether oxygens (including phenoxy) is 2. The average molecular weight is 212 g/mol. The Hall–Kier alpha value is -0.800. The molecule has 0 aromatic heterocycles. The van der Waals surface area contributed by atoms with Crippen LogP contribution in [0.3, 0.4) is 0 Å². The number of rotatable bonds is 4. The fraction of sp³-hybridized carbons (Fsp3) is 0.667. The summed E-state index contributed by atoms with van der Waals surface area (Å²) in [5, 5.41) is 9.86. The zero-order chi connectivity index (χ0) is 11.3. The largest absolute Gasteiger partial charge is 0.475 e. The van der Waals surface area contributed by atoms with Gasteiger partial charge in [-0.15, -0.1) is 0 Å². The van der Waals surface area contributed by atoms with E-state index in [1.807, 2.05) is 6.92 Å². The third kappa shape index (κ3) is 3.68. The molecule has 0 aromatic rings. The normalized spacial score (nSPS) is 29.1. The summed E-state index contributed by atoms with van der Waals surface area (Å²) in [7, 11) is 1.58. The average Bonchev–Trinajstić information content (AvgIpc) is 2.20. The van der Waals surface area contributed by atoms with Crippen LogP contribution in [-0.4, -0.2) is 25.1 Å². The van der Waals surface area contributed by atoms with Crippen LogP contribution in [0.25, 0.3) is 0 Å². The third-order valence-electron chi connectivity index (χ3n) is 2.83. The summed E-state index contributed by atoms with van der Waals surface area (Å²) in [6, 6.07) is 0. The maximum Gasteiger partial charge on any atom is 0.187 e. The van der Waals surface area contributed by atoms with E-state index in [1.54, 1.807) is 13.4 Å². The number of aliphatic hydroxyl groups excluding tert-OH is 1. The Morgan fingerprint density at radius 2 is 2.40 bits per heavy atom. The molecule has 0 saturated heterocycles. The smallest absolute Gasteiger partial charge is 0.187 e. The Kier molecular flexibility index (Phi) is 4.85. The van der Waals surface area contributed by atoms with Crippen molar-refractivity contribution in [3.63, 3.8) is 0 Å². The van der Waals surface area contributed by atoms with Crippen molar-refractivity contribution >= 4 is 0 Å². The highest BCUT2D eigenvalue weighted by molar-refractivity contribution is 5.13. The summed E-state index contributed by atoms with van der Waals surface area (Å²) in [5.41, 5.74) is 2.12. The highest BCUT2D eigenvalue weighted by Crippen LogP contribution is 2.32. The summed E-state index contributed by atoms with van der Waals surface area (Å²) in [6.07, 6.45) is 3.93. The molecule has 2 atom stereocenters. The molecule has 3 nitrogen and oxygen atoms in total. The van der Waals surface area contributed by atoms with Gasteiger partial charge < -0.3 is 14.6 Å². The van der Waals surface area contributed by atoms with Crippen LogP contribution in [0.15, 0.2) is 24.0 Å². The molecule has 0 aliphatic heterocycles. The molecular formula is C12H20O3. The number of allylic oxidation sites excluding steroid dienone is 1. The molecule has 0 heterocycles. The van der Waals surface area contributed by atoms with Crippen molar-refractivity contribution in [1.29, 1.82) is 0 Å². The maximum atomic E-state index is 9.86. The summed E-state index contributed by atoms with van der Waals surface area (Å²) in [5.74, 6) is 0.444. The Labute approximate surface area is 91.4 Å². The molecule has 0 aromatic carbocycles. The molecule has 0 spiro atoms. The minimum absolute atomic E-state index is 0.236. The van der Waals surface area contributed by atoms with Crippen molar-refractivity contribution in [2.24, 2.45) is 5.92 Å². The van der Waals surface area contributed by atoms with Crippen LogP contribution in [-0.2, 0) is 9.47 Å². The molecule has 0 bridgehead atoms. The second-order valence-corrected chi connectivity index (χ2v) is 4.10. The van der Waals surface area contributed by atoms with Crippen molar-refractivity contribution in [3.05, 3.63) is 24.0 Å². The summed E-state index contributed by atoms with van der Waals surface area (Å²) in [6.45, 7) is 6.19. The lowest BCUT2D eigenvalue weighted by Crippen LogP contribution is -2.23. The van der Waals surface area contributed by atoms with E-state index in [9.17, 15) is 5.11 Å². The van der Waals surface area contributed by atoms with Crippen LogP contribution in [0.5, 0.6) is 0 Å². The van der Waals surface area contributed by atoms with E-state index in [0.717, 1.165) is 30.4 Å². The highest BCUT2D eigenvalue weighted by atomic mass is 16.7. The molecule has 1 aliphatic rings. The predicted molar refractivity (Wildman–Crippen MR) is 59.2 cm³/mol. The lowest BCUT2D eigenvalue weighted by atomic mass is 9.81. The second kappa shape index (κ2) is 5.93. The van der Waals surface area contributed by atoms with Crippen molar-refractivity contribution in [2.75, 3.05) is 13.9 Å². The Balaban J connectivity index is 2.45. The van der Waals surface area contributed by atoms with Crippen LogP contribution < -0.4 is 0 Å². The predicted octanol–water partition coefficient (Wildman–Crippen LogP) is 2.23. The zero-order valence-electron chi connectivity index (χ0n) is 9.53. The Bertz CT molecular complexity index is 245. The fourth-order valence-corrected chi connectivity index (χ4v) is 1.84.